The zero-order chi connectivity index (χ0) is 32.8. The summed E-state index contributed by atoms with van der Waals surface area (Å²) in [4.78, 5) is 0. The van der Waals surface area contributed by atoms with Crippen molar-refractivity contribution in [1.29, 1.82) is 0 Å². The van der Waals surface area contributed by atoms with Crippen molar-refractivity contribution in [3.8, 4) is 0 Å². The maximum atomic E-state index is 11.9. The van der Waals surface area contributed by atoms with E-state index in [4.69, 9.17) is 0 Å². The average Bonchev–Trinajstić information content (AvgIpc) is 3.32. The minimum absolute atomic E-state index is 0. The Hall–Kier alpha value is -1.99. The summed E-state index contributed by atoms with van der Waals surface area (Å²) in [5.41, 5.74) is 21.6. The van der Waals surface area contributed by atoms with Crippen molar-refractivity contribution in [3.63, 3.8) is 0 Å². The van der Waals surface area contributed by atoms with E-state index in [1.54, 1.807) is 4.70 Å². The molecule has 0 N–H and O–H groups in total. The molecule has 2 aromatic carbocycles. The standard InChI is InChI=1S/C44H68N2.2CH3.Ni/c1-5-8-11-14-17-18-19-22-25-34-42-37(4)43(40-32-26-30-38(35-40)28-23-20-15-12-9-6-2)46(45)44(42)41-33-27-31-39(36-41)29-24-21-16-13-10-7-3;;;/h26-27,30-33,35-36H,5-25,28-29,34H2,1-4H3;2*1H3;/q;2*-1;+2. The van der Waals surface area contributed by atoms with Crippen molar-refractivity contribution in [2.45, 2.75) is 182 Å². The van der Waals surface area contributed by atoms with Gasteiger partial charge in [0.15, 0.2) is 0 Å². The van der Waals surface area contributed by atoms with E-state index >= 15 is 0 Å². The van der Waals surface area contributed by atoms with Crippen molar-refractivity contribution < 1.29 is 21.2 Å². The molecule has 0 spiro atoms. The Morgan fingerprint density at radius 2 is 0.816 bits per heavy atom. The van der Waals surface area contributed by atoms with E-state index in [1.165, 1.54) is 157 Å². The number of rotatable bonds is 26. The minimum atomic E-state index is 0. The Bertz CT molecular complexity index is 1220. The molecule has 0 bridgehead atoms. The first-order valence-corrected chi connectivity index (χ1v) is 19.7. The topological polar surface area (TPSA) is 25.3 Å². The van der Waals surface area contributed by atoms with Gasteiger partial charge >= 0.3 is 16.5 Å². The maximum absolute atomic E-state index is 11.9. The molecule has 278 valence electrons. The first kappa shape index (κ1) is 47.0. The molecule has 2 aromatic rings. The van der Waals surface area contributed by atoms with Gasteiger partial charge in [-0.05, 0) is 80.8 Å². The summed E-state index contributed by atoms with van der Waals surface area (Å²) in [7, 11) is 0. The van der Waals surface area contributed by atoms with E-state index in [0.29, 0.717) is 0 Å². The number of benzene rings is 2. The van der Waals surface area contributed by atoms with Crippen molar-refractivity contribution in [2.24, 2.45) is 0 Å². The second-order valence-corrected chi connectivity index (χ2v) is 14.1. The Labute approximate surface area is 315 Å². The molecule has 0 aromatic heterocycles. The van der Waals surface area contributed by atoms with Crippen LogP contribution in [0.3, 0.4) is 0 Å². The second kappa shape index (κ2) is 28.7. The van der Waals surface area contributed by atoms with Gasteiger partial charge < -0.3 is 20.4 Å². The monoisotopic (exact) mass is 713 g/mol. The Kier molecular flexibility index (Phi) is 27.5. The van der Waals surface area contributed by atoms with E-state index in [-0.39, 0.29) is 31.3 Å². The van der Waals surface area contributed by atoms with Crippen molar-refractivity contribution in [3.05, 3.63) is 102 Å². The fraction of sp³-hybridized carbons (Fsp3) is 0.609. The van der Waals surface area contributed by atoms with Crippen LogP contribution in [-0.4, -0.2) is 4.70 Å². The van der Waals surface area contributed by atoms with Gasteiger partial charge in [-0.1, -0.05) is 161 Å². The molecule has 2 nitrogen and oxygen atoms in total. The number of allylic oxidation sites excluding steroid dienone is 2. The summed E-state index contributed by atoms with van der Waals surface area (Å²) in [5, 5.41) is 0. The third-order valence-corrected chi connectivity index (χ3v) is 10.1. The van der Waals surface area contributed by atoms with Gasteiger partial charge in [-0.2, -0.15) is 0 Å². The second-order valence-electron chi connectivity index (χ2n) is 14.1. The molecule has 0 saturated heterocycles. The zero-order valence-electron chi connectivity index (χ0n) is 32.8. The van der Waals surface area contributed by atoms with Gasteiger partial charge in [-0.25, -0.2) is 4.70 Å². The van der Waals surface area contributed by atoms with Gasteiger partial charge in [0.2, 0.25) is 11.4 Å². The van der Waals surface area contributed by atoms with E-state index < -0.39 is 0 Å². The van der Waals surface area contributed by atoms with Crippen LogP contribution < -0.4 is 0 Å². The molecule has 1 aliphatic rings. The predicted octanol–water partition coefficient (Wildman–Crippen LogP) is 15.5. The van der Waals surface area contributed by atoms with Gasteiger partial charge in [-0.3, -0.25) is 0 Å². The van der Waals surface area contributed by atoms with Crippen LogP contribution in [0.5, 0.6) is 0 Å². The molecule has 0 radical (unpaired) electrons. The molecule has 0 unspecified atom stereocenters. The van der Waals surface area contributed by atoms with E-state index in [2.05, 4.69) is 76.2 Å². The van der Waals surface area contributed by atoms with E-state index in [1.807, 2.05) is 0 Å². The fourth-order valence-corrected chi connectivity index (χ4v) is 7.24. The van der Waals surface area contributed by atoms with Gasteiger partial charge in [0, 0.05) is 22.3 Å². The summed E-state index contributed by atoms with van der Waals surface area (Å²) in [5.74, 6) is 0. The normalized spacial score (nSPS) is 12.6. The number of hydrogen-bond acceptors (Lipinski definition) is 0. The van der Waals surface area contributed by atoms with E-state index in [0.717, 1.165) is 41.8 Å². The molecule has 0 amide bonds. The Balaban J connectivity index is 0.00000768. The Morgan fingerprint density at radius 1 is 0.469 bits per heavy atom. The van der Waals surface area contributed by atoms with Crippen molar-refractivity contribution in [2.75, 3.05) is 0 Å². The van der Waals surface area contributed by atoms with Crippen LogP contribution in [0, 0.1) is 14.9 Å². The van der Waals surface area contributed by atoms with Crippen molar-refractivity contribution in [1.82, 2.24) is 0 Å². The van der Waals surface area contributed by atoms with Crippen LogP contribution in [0.2, 0.25) is 0 Å². The molecular weight excluding hydrogens is 639 g/mol. The zero-order valence-corrected chi connectivity index (χ0v) is 33.8. The average molecular weight is 714 g/mol. The number of unbranched alkanes of at least 4 members (excludes halogenated alkanes) is 18. The first-order chi connectivity index (χ1) is 22.6. The van der Waals surface area contributed by atoms with Crippen LogP contribution in [0.4, 0.5) is 0 Å². The SMILES string of the molecule is CCCCCCCCCCCC1=C(c2cccc(CCCCCCCC)c2)[N+](=[N-])C(c2cccc(CCCCCCCC)c2)=C1C.[CH3-].[CH3-].[Ni+2]. The molecule has 0 atom stereocenters. The minimum Gasteiger partial charge on any atom is -0.493 e. The predicted molar refractivity (Wildman–Crippen MR) is 215 cm³/mol. The summed E-state index contributed by atoms with van der Waals surface area (Å²) in [6.45, 7) is 9.10. The first-order valence-electron chi connectivity index (χ1n) is 19.7. The third-order valence-electron chi connectivity index (χ3n) is 10.1. The third kappa shape index (κ3) is 16.7. The van der Waals surface area contributed by atoms with Gasteiger partial charge in [-0.15, -0.1) is 0 Å². The molecule has 49 heavy (non-hydrogen) atoms. The molecule has 0 fully saturated rings. The molecule has 0 aliphatic carbocycles. The van der Waals surface area contributed by atoms with Gasteiger partial charge in [0.05, 0.1) is 0 Å². The van der Waals surface area contributed by atoms with Gasteiger partial charge in [0.1, 0.15) is 0 Å². The summed E-state index contributed by atoms with van der Waals surface area (Å²) in [6.07, 6.45) is 31.1. The van der Waals surface area contributed by atoms with Gasteiger partial charge in [0.25, 0.3) is 0 Å². The van der Waals surface area contributed by atoms with Crippen LogP contribution in [0.15, 0.2) is 59.7 Å². The molecular formula is C46H74N2Ni. The molecule has 3 rings (SSSR count). The molecule has 1 aliphatic heterocycles. The summed E-state index contributed by atoms with van der Waals surface area (Å²) >= 11 is 0. The quantitative estimate of drug-likeness (QED) is 0.0401. The van der Waals surface area contributed by atoms with Crippen LogP contribution >= 0.6 is 0 Å². The fourth-order valence-electron chi connectivity index (χ4n) is 7.24. The molecule has 3 heteroatoms. The number of nitrogens with zero attached hydrogens (tertiary/aromatic N) is 2. The number of hydrogen-bond donors (Lipinski definition) is 0. The summed E-state index contributed by atoms with van der Waals surface area (Å²) < 4.78 is 1.55. The molecule has 0 saturated carbocycles. The number of aryl methyl sites for hydroxylation is 2. The Morgan fingerprint density at radius 3 is 1.22 bits per heavy atom. The van der Waals surface area contributed by atoms with Crippen LogP contribution in [0.25, 0.3) is 16.9 Å². The largest absolute Gasteiger partial charge is 2.00 e. The summed E-state index contributed by atoms with van der Waals surface area (Å²) in [6, 6.07) is 18.0. The van der Waals surface area contributed by atoms with E-state index in [9.17, 15) is 5.53 Å². The maximum Gasteiger partial charge on any atom is 2.00 e. The van der Waals surface area contributed by atoms with Crippen LogP contribution in [-0.2, 0) is 29.3 Å². The molecule has 1 heterocycles. The van der Waals surface area contributed by atoms with Crippen LogP contribution in [0.1, 0.15) is 191 Å². The smallest absolute Gasteiger partial charge is 0.493 e. The van der Waals surface area contributed by atoms with Crippen molar-refractivity contribution >= 4 is 11.4 Å².